The van der Waals surface area contributed by atoms with Gasteiger partial charge >= 0.3 is 6.09 Å². The van der Waals surface area contributed by atoms with Gasteiger partial charge in [0.2, 0.25) is 5.91 Å². The van der Waals surface area contributed by atoms with E-state index in [1.54, 1.807) is 0 Å². The molecule has 0 fully saturated rings. The Labute approximate surface area is 186 Å². The highest BCUT2D eigenvalue weighted by Gasteiger charge is 2.15. The van der Waals surface area contributed by atoms with Gasteiger partial charge in [0.05, 0.1) is 0 Å². The molecule has 0 aromatic heterocycles. The van der Waals surface area contributed by atoms with Crippen LogP contribution in [0.3, 0.4) is 0 Å². The molecule has 0 radical (unpaired) electrons. The number of carbonyl (C=O) groups excluding carboxylic acids is 2. The summed E-state index contributed by atoms with van der Waals surface area (Å²) in [4.78, 5) is 23.3. The van der Waals surface area contributed by atoms with Crippen LogP contribution in [0.2, 0.25) is 0 Å². The van der Waals surface area contributed by atoms with Crippen molar-refractivity contribution in [1.29, 1.82) is 0 Å². The third-order valence-corrected chi connectivity index (χ3v) is 5.10. The lowest BCUT2D eigenvalue weighted by molar-refractivity contribution is -0.121. The van der Waals surface area contributed by atoms with Crippen LogP contribution < -0.4 is 10.6 Å². The van der Waals surface area contributed by atoms with Crippen molar-refractivity contribution in [2.45, 2.75) is 136 Å². The highest BCUT2D eigenvalue weighted by Crippen LogP contribution is 2.13. The van der Waals surface area contributed by atoms with Gasteiger partial charge in [-0.1, -0.05) is 84.0 Å². The highest BCUT2D eigenvalue weighted by molar-refractivity contribution is 5.75. The van der Waals surface area contributed by atoms with Crippen LogP contribution in [0.25, 0.3) is 0 Å². The van der Waals surface area contributed by atoms with Gasteiger partial charge in [-0.25, -0.2) is 4.79 Å². The minimum Gasteiger partial charge on any atom is -0.444 e. The van der Waals surface area contributed by atoms with Gasteiger partial charge in [-0.2, -0.15) is 0 Å². The topological polar surface area (TPSA) is 67.4 Å². The van der Waals surface area contributed by atoms with E-state index >= 15 is 0 Å². The minimum absolute atomic E-state index is 0.151. The van der Waals surface area contributed by atoms with Crippen LogP contribution in [0.1, 0.15) is 130 Å². The van der Waals surface area contributed by atoms with E-state index in [-0.39, 0.29) is 12.0 Å². The van der Waals surface area contributed by atoms with Gasteiger partial charge in [-0.3, -0.25) is 4.79 Å². The second-order valence-corrected chi connectivity index (χ2v) is 9.48. The lowest BCUT2D eigenvalue weighted by Crippen LogP contribution is -2.33. The van der Waals surface area contributed by atoms with Crippen molar-refractivity contribution in [2.75, 3.05) is 13.1 Å². The maximum absolute atomic E-state index is 11.8. The van der Waals surface area contributed by atoms with Crippen molar-refractivity contribution < 1.29 is 14.3 Å². The second-order valence-electron chi connectivity index (χ2n) is 9.48. The Kier molecular flexibility index (Phi) is 18.9. The molecule has 0 heterocycles. The Balaban J connectivity index is 3.28. The molecule has 0 saturated heterocycles. The smallest absolute Gasteiger partial charge is 0.407 e. The van der Waals surface area contributed by atoms with Crippen LogP contribution in [0.15, 0.2) is 0 Å². The van der Waals surface area contributed by atoms with Gasteiger partial charge < -0.3 is 15.4 Å². The van der Waals surface area contributed by atoms with Crippen LogP contribution in [-0.2, 0) is 9.53 Å². The van der Waals surface area contributed by atoms with Crippen LogP contribution >= 0.6 is 0 Å². The summed E-state index contributed by atoms with van der Waals surface area (Å²) in [6.45, 7) is 9.05. The molecule has 0 aromatic carbocycles. The zero-order valence-corrected chi connectivity index (χ0v) is 20.5. The zero-order chi connectivity index (χ0) is 22.5. The number of hydrogen-bond donors (Lipinski definition) is 2. The molecule has 0 atom stereocenters. The summed E-state index contributed by atoms with van der Waals surface area (Å²) in [5, 5.41) is 5.70. The maximum Gasteiger partial charge on any atom is 0.407 e. The Morgan fingerprint density at radius 2 is 1.07 bits per heavy atom. The molecule has 5 heteroatoms. The number of rotatable bonds is 19. The Hall–Kier alpha value is -1.26. The summed E-state index contributed by atoms with van der Waals surface area (Å²) in [7, 11) is 0. The molecule has 0 aliphatic carbocycles. The summed E-state index contributed by atoms with van der Waals surface area (Å²) in [5.74, 6) is 0.151. The van der Waals surface area contributed by atoms with E-state index in [0.29, 0.717) is 19.5 Å². The number of hydrogen-bond acceptors (Lipinski definition) is 3. The average molecular weight is 427 g/mol. The summed E-state index contributed by atoms with van der Waals surface area (Å²) in [6.07, 6.45) is 19.1. The van der Waals surface area contributed by atoms with Crippen LogP contribution in [0.4, 0.5) is 4.79 Å². The molecular weight excluding hydrogens is 376 g/mol. The van der Waals surface area contributed by atoms with E-state index in [9.17, 15) is 9.59 Å². The quantitative estimate of drug-likeness (QED) is 0.221. The third kappa shape index (κ3) is 23.0. The summed E-state index contributed by atoms with van der Waals surface area (Å²) in [6, 6.07) is 0. The molecule has 0 bridgehead atoms. The predicted octanol–water partition coefficient (Wildman–Crippen LogP) is 6.89. The molecule has 5 nitrogen and oxygen atoms in total. The highest BCUT2D eigenvalue weighted by atomic mass is 16.6. The molecule has 178 valence electrons. The Bertz CT molecular complexity index is 419. The summed E-state index contributed by atoms with van der Waals surface area (Å²) >= 11 is 0. The van der Waals surface area contributed by atoms with Crippen molar-refractivity contribution in [1.82, 2.24) is 10.6 Å². The monoisotopic (exact) mass is 426 g/mol. The molecule has 0 unspecified atom stereocenters. The van der Waals surface area contributed by atoms with Gasteiger partial charge in [0.15, 0.2) is 0 Å². The van der Waals surface area contributed by atoms with E-state index < -0.39 is 5.60 Å². The SMILES string of the molecule is CCCCCCCCCCCCCCCC(=O)NCCCCNC(=O)OC(C)(C)C. The van der Waals surface area contributed by atoms with Crippen molar-refractivity contribution in [3.63, 3.8) is 0 Å². The number of nitrogens with one attached hydrogen (secondary N) is 2. The van der Waals surface area contributed by atoms with E-state index in [1.165, 1.54) is 70.6 Å². The number of carbonyl (C=O) groups is 2. The second kappa shape index (κ2) is 19.7. The van der Waals surface area contributed by atoms with Crippen molar-refractivity contribution in [3.8, 4) is 0 Å². The van der Waals surface area contributed by atoms with E-state index in [2.05, 4.69) is 17.6 Å². The van der Waals surface area contributed by atoms with Crippen LogP contribution in [0.5, 0.6) is 0 Å². The van der Waals surface area contributed by atoms with Gasteiger partial charge in [0.25, 0.3) is 0 Å². The molecule has 0 aliphatic heterocycles. The molecule has 0 aromatic rings. The Morgan fingerprint density at radius 3 is 1.53 bits per heavy atom. The number of ether oxygens (including phenoxy) is 1. The van der Waals surface area contributed by atoms with Gasteiger partial charge in [-0.05, 0) is 40.0 Å². The minimum atomic E-state index is -0.467. The fourth-order valence-corrected chi connectivity index (χ4v) is 3.37. The van der Waals surface area contributed by atoms with E-state index in [0.717, 1.165) is 25.7 Å². The molecule has 0 rings (SSSR count). The fraction of sp³-hybridized carbons (Fsp3) is 0.920. The van der Waals surface area contributed by atoms with Crippen molar-refractivity contribution in [3.05, 3.63) is 0 Å². The van der Waals surface area contributed by atoms with Crippen LogP contribution in [-0.4, -0.2) is 30.7 Å². The van der Waals surface area contributed by atoms with Crippen molar-refractivity contribution in [2.24, 2.45) is 0 Å². The zero-order valence-electron chi connectivity index (χ0n) is 20.5. The van der Waals surface area contributed by atoms with Gasteiger partial charge in [-0.15, -0.1) is 0 Å². The normalized spacial score (nSPS) is 11.3. The molecule has 0 aliphatic rings. The fourth-order valence-electron chi connectivity index (χ4n) is 3.37. The molecule has 0 saturated carbocycles. The molecular formula is C25H50N2O3. The standard InChI is InChI=1S/C25H50N2O3/c1-5-6-7-8-9-10-11-12-13-14-15-16-17-20-23(28)26-21-18-19-22-27-24(29)30-25(2,3)4/h5-22H2,1-4H3,(H,26,28)(H,27,29). The molecule has 2 amide bonds. The van der Waals surface area contributed by atoms with E-state index in [4.69, 9.17) is 4.74 Å². The number of alkyl carbamates (subject to hydrolysis) is 1. The van der Waals surface area contributed by atoms with Gasteiger partial charge in [0.1, 0.15) is 5.60 Å². The predicted molar refractivity (Wildman–Crippen MR) is 127 cm³/mol. The first-order valence-corrected chi connectivity index (χ1v) is 12.6. The molecule has 30 heavy (non-hydrogen) atoms. The van der Waals surface area contributed by atoms with Crippen molar-refractivity contribution >= 4 is 12.0 Å². The van der Waals surface area contributed by atoms with Crippen LogP contribution in [0, 0.1) is 0 Å². The largest absolute Gasteiger partial charge is 0.444 e. The average Bonchev–Trinajstić information content (AvgIpc) is 2.66. The number of amides is 2. The first-order valence-electron chi connectivity index (χ1n) is 12.6. The molecule has 2 N–H and O–H groups in total. The Morgan fingerprint density at radius 1 is 0.633 bits per heavy atom. The first kappa shape index (κ1) is 28.7. The lowest BCUT2D eigenvalue weighted by Gasteiger charge is -2.19. The molecule has 0 spiro atoms. The van der Waals surface area contributed by atoms with Gasteiger partial charge in [0, 0.05) is 19.5 Å². The lowest BCUT2D eigenvalue weighted by atomic mass is 10.0. The maximum atomic E-state index is 11.8. The summed E-state index contributed by atoms with van der Waals surface area (Å²) < 4.78 is 5.18. The summed E-state index contributed by atoms with van der Waals surface area (Å²) in [5.41, 5.74) is -0.467. The third-order valence-electron chi connectivity index (χ3n) is 5.10. The first-order chi connectivity index (χ1) is 14.3. The number of unbranched alkanes of at least 4 members (excludes halogenated alkanes) is 13. The van der Waals surface area contributed by atoms with E-state index in [1.807, 2.05) is 20.8 Å².